The highest BCUT2D eigenvalue weighted by atomic mass is 19.1. The molecule has 0 aliphatic heterocycles. The number of benzene rings is 3. The standard InChI is InChI=1S/C26H23F3N4O2/c1-17(19-7-9-21(23(28)11-19)18-5-3-2-4-6-18)25(34)31-13-26(35,14-33-16-30-15-32-33)22-10-8-20(27)12-24(22)29/h2-12,15-17,35H,13-14H2,1H3,(H,31,34)/t17-,26-/m0/s1. The fraction of sp³-hybridized carbons (Fsp3) is 0.192. The van der Waals surface area contributed by atoms with Gasteiger partial charge in [-0.15, -0.1) is 0 Å². The Kier molecular flexibility index (Phi) is 6.97. The minimum Gasteiger partial charge on any atom is -0.381 e. The fourth-order valence-electron chi connectivity index (χ4n) is 3.88. The van der Waals surface area contributed by atoms with Crippen molar-refractivity contribution in [1.29, 1.82) is 0 Å². The van der Waals surface area contributed by atoms with Gasteiger partial charge in [-0.1, -0.05) is 48.5 Å². The van der Waals surface area contributed by atoms with Gasteiger partial charge in [-0.05, 0) is 30.2 Å². The van der Waals surface area contributed by atoms with Gasteiger partial charge in [0.2, 0.25) is 5.91 Å². The van der Waals surface area contributed by atoms with E-state index in [-0.39, 0.29) is 12.1 Å². The van der Waals surface area contributed by atoms with Gasteiger partial charge in [0.1, 0.15) is 35.7 Å². The quantitative estimate of drug-likeness (QED) is 0.397. The number of hydrogen-bond acceptors (Lipinski definition) is 4. The third-order valence-corrected chi connectivity index (χ3v) is 5.85. The average Bonchev–Trinajstić information content (AvgIpc) is 3.35. The Bertz CT molecular complexity index is 1320. The van der Waals surface area contributed by atoms with Crippen LogP contribution < -0.4 is 5.32 Å². The maximum absolute atomic E-state index is 14.8. The van der Waals surface area contributed by atoms with Gasteiger partial charge in [0.15, 0.2) is 0 Å². The molecule has 4 aromatic rings. The molecule has 1 amide bonds. The van der Waals surface area contributed by atoms with Gasteiger partial charge in [-0.2, -0.15) is 5.10 Å². The molecular weight excluding hydrogens is 457 g/mol. The second kappa shape index (κ2) is 10.1. The van der Waals surface area contributed by atoms with Gasteiger partial charge in [-0.25, -0.2) is 22.8 Å². The summed E-state index contributed by atoms with van der Waals surface area (Å²) in [6.07, 6.45) is 2.57. The Morgan fingerprint density at radius 1 is 1.06 bits per heavy atom. The first-order valence-electron chi connectivity index (χ1n) is 10.9. The molecule has 0 radical (unpaired) electrons. The van der Waals surface area contributed by atoms with Gasteiger partial charge in [-0.3, -0.25) is 4.79 Å². The van der Waals surface area contributed by atoms with Crippen LogP contribution in [0.1, 0.15) is 24.0 Å². The number of halogens is 3. The molecule has 4 rings (SSSR count). The Hall–Kier alpha value is -3.98. The molecule has 0 fully saturated rings. The topological polar surface area (TPSA) is 80.0 Å². The molecule has 0 bridgehead atoms. The van der Waals surface area contributed by atoms with Crippen molar-refractivity contribution in [2.75, 3.05) is 6.54 Å². The van der Waals surface area contributed by atoms with Gasteiger partial charge in [0, 0.05) is 17.2 Å². The Balaban J connectivity index is 1.53. The summed E-state index contributed by atoms with van der Waals surface area (Å²) >= 11 is 0. The second-order valence-corrected chi connectivity index (χ2v) is 8.29. The minimum absolute atomic E-state index is 0.208. The van der Waals surface area contributed by atoms with Gasteiger partial charge < -0.3 is 10.4 Å². The molecule has 0 aliphatic carbocycles. The SMILES string of the molecule is C[C@H](C(=O)NC[C@](O)(Cn1cncn1)c1ccc(F)cc1F)c1ccc(-c2ccccc2)c(F)c1. The van der Waals surface area contributed by atoms with Crippen molar-refractivity contribution in [3.8, 4) is 11.1 Å². The van der Waals surface area contributed by atoms with Gasteiger partial charge >= 0.3 is 0 Å². The van der Waals surface area contributed by atoms with Crippen molar-refractivity contribution in [3.63, 3.8) is 0 Å². The van der Waals surface area contributed by atoms with E-state index < -0.39 is 41.4 Å². The molecule has 1 heterocycles. The largest absolute Gasteiger partial charge is 0.381 e. The van der Waals surface area contributed by atoms with Crippen LogP contribution in [0.2, 0.25) is 0 Å². The van der Waals surface area contributed by atoms with E-state index in [2.05, 4.69) is 15.4 Å². The number of nitrogens with zero attached hydrogens (tertiary/aromatic N) is 3. The molecule has 0 saturated carbocycles. The smallest absolute Gasteiger partial charge is 0.227 e. The van der Waals surface area contributed by atoms with E-state index in [9.17, 15) is 23.1 Å². The zero-order chi connectivity index (χ0) is 25.0. The molecule has 0 aliphatic rings. The van der Waals surface area contributed by atoms with Crippen LogP contribution in [-0.4, -0.2) is 32.3 Å². The van der Waals surface area contributed by atoms with Crippen LogP contribution in [-0.2, 0) is 16.9 Å². The summed E-state index contributed by atoms with van der Waals surface area (Å²) in [6.45, 7) is 0.953. The van der Waals surface area contributed by atoms with Crippen molar-refractivity contribution >= 4 is 5.91 Å². The average molecular weight is 480 g/mol. The highest BCUT2D eigenvalue weighted by molar-refractivity contribution is 5.83. The molecule has 2 N–H and O–H groups in total. The Morgan fingerprint density at radius 2 is 1.83 bits per heavy atom. The number of aliphatic hydroxyl groups is 1. The van der Waals surface area contributed by atoms with Gasteiger partial charge in [0.25, 0.3) is 0 Å². The first-order chi connectivity index (χ1) is 16.8. The predicted molar refractivity (Wildman–Crippen MR) is 124 cm³/mol. The van der Waals surface area contributed by atoms with E-state index in [1.807, 2.05) is 18.2 Å². The normalized spacial score (nSPS) is 13.7. The van der Waals surface area contributed by atoms with Crippen LogP contribution in [0.25, 0.3) is 11.1 Å². The molecule has 2 atom stereocenters. The third-order valence-electron chi connectivity index (χ3n) is 5.85. The highest BCUT2D eigenvalue weighted by Gasteiger charge is 2.34. The van der Waals surface area contributed by atoms with Crippen molar-refractivity contribution in [2.24, 2.45) is 0 Å². The molecule has 35 heavy (non-hydrogen) atoms. The highest BCUT2D eigenvalue weighted by Crippen LogP contribution is 2.28. The summed E-state index contributed by atoms with van der Waals surface area (Å²) in [5.74, 6) is -3.50. The Labute approximate surface area is 200 Å². The molecule has 3 aromatic carbocycles. The number of nitrogens with one attached hydrogen (secondary N) is 1. The van der Waals surface area contributed by atoms with E-state index in [4.69, 9.17) is 0 Å². The summed E-state index contributed by atoms with van der Waals surface area (Å²) in [6, 6.07) is 16.4. The molecule has 6 nitrogen and oxygen atoms in total. The van der Waals surface area contributed by atoms with Crippen LogP contribution in [0, 0.1) is 17.5 Å². The van der Waals surface area contributed by atoms with Crippen LogP contribution in [0.15, 0.2) is 79.4 Å². The van der Waals surface area contributed by atoms with Crippen LogP contribution in [0.3, 0.4) is 0 Å². The second-order valence-electron chi connectivity index (χ2n) is 8.29. The third kappa shape index (κ3) is 5.41. The number of carbonyl (C=O) groups is 1. The van der Waals surface area contributed by atoms with Gasteiger partial charge in [0.05, 0.1) is 19.0 Å². The summed E-state index contributed by atoms with van der Waals surface area (Å²) in [5, 5.41) is 17.8. The van der Waals surface area contributed by atoms with Crippen molar-refractivity contribution in [1.82, 2.24) is 20.1 Å². The Morgan fingerprint density at radius 3 is 2.49 bits per heavy atom. The molecule has 0 unspecified atom stereocenters. The number of hydrogen-bond donors (Lipinski definition) is 2. The number of aromatic nitrogens is 3. The van der Waals surface area contributed by atoms with E-state index >= 15 is 0 Å². The van der Waals surface area contributed by atoms with E-state index in [1.165, 1.54) is 23.4 Å². The minimum atomic E-state index is -1.96. The molecule has 0 saturated heterocycles. The molecule has 180 valence electrons. The van der Waals surface area contributed by atoms with Crippen LogP contribution in [0.4, 0.5) is 13.2 Å². The van der Waals surface area contributed by atoms with Crippen LogP contribution in [0.5, 0.6) is 0 Å². The predicted octanol–water partition coefficient (Wildman–Crippen LogP) is 4.17. The number of carbonyl (C=O) groups excluding carboxylic acids is 1. The van der Waals surface area contributed by atoms with E-state index in [0.717, 1.165) is 12.1 Å². The lowest BCUT2D eigenvalue weighted by molar-refractivity contribution is -0.123. The van der Waals surface area contributed by atoms with E-state index in [1.54, 1.807) is 31.2 Å². The summed E-state index contributed by atoms with van der Waals surface area (Å²) in [4.78, 5) is 16.7. The van der Waals surface area contributed by atoms with Crippen molar-refractivity contribution in [3.05, 3.63) is 108 Å². The summed E-state index contributed by atoms with van der Waals surface area (Å²) < 4.78 is 44.0. The van der Waals surface area contributed by atoms with Crippen molar-refractivity contribution < 1.29 is 23.1 Å². The zero-order valence-corrected chi connectivity index (χ0v) is 18.8. The lowest BCUT2D eigenvalue weighted by Crippen LogP contribution is -2.45. The lowest BCUT2D eigenvalue weighted by Gasteiger charge is -2.29. The number of rotatable bonds is 8. The lowest BCUT2D eigenvalue weighted by atomic mass is 9.92. The maximum atomic E-state index is 14.8. The summed E-state index contributed by atoms with van der Waals surface area (Å²) in [7, 11) is 0. The van der Waals surface area contributed by atoms with Crippen LogP contribution >= 0.6 is 0 Å². The summed E-state index contributed by atoms with van der Waals surface area (Å²) in [5.41, 5.74) is -0.597. The zero-order valence-electron chi connectivity index (χ0n) is 18.8. The first-order valence-corrected chi connectivity index (χ1v) is 10.9. The number of amides is 1. The monoisotopic (exact) mass is 480 g/mol. The molecule has 1 aromatic heterocycles. The fourth-order valence-corrected chi connectivity index (χ4v) is 3.88. The molecule has 9 heteroatoms. The first kappa shape index (κ1) is 24.2. The van der Waals surface area contributed by atoms with Crippen molar-refractivity contribution in [2.45, 2.75) is 25.0 Å². The van der Waals surface area contributed by atoms with E-state index in [0.29, 0.717) is 22.8 Å². The molecule has 0 spiro atoms. The maximum Gasteiger partial charge on any atom is 0.227 e. The molecular formula is C26H23F3N4O2.